The summed E-state index contributed by atoms with van der Waals surface area (Å²) in [6, 6.07) is 0. The fourth-order valence-electron chi connectivity index (χ4n) is 1.10. The van der Waals surface area contributed by atoms with Crippen LogP contribution in [0.3, 0.4) is 0 Å². The number of thiazole rings is 1. The smallest absolute Gasteiger partial charge is 0.328 e. The number of aromatic nitrogens is 1. The van der Waals surface area contributed by atoms with E-state index < -0.39 is 17.8 Å². The summed E-state index contributed by atoms with van der Waals surface area (Å²) in [6.07, 6.45) is 1.64. The highest BCUT2D eigenvalue weighted by Gasteiger charge is 2.09. The SMILES string of the molecule is CCOC(=O)Cc1csc(NC(=O)/C=C/C(=O)O)n1. The molecule has 0 spiro atoms. The maximum atomic E-state index is 11.3. The molecule has 0 saturated heterocycles. The Balaban J connectivity index is 2.53. The van der Waals surface area contributed by atoms with Gasteiger partial charge >= 0.3 is 11.9 Å². The molecule has 0 aromatic carbocycles. The number of anilines is 1. The molecule has 0 unspecified atom stereocenters. The molecule has 7 nitrogen and oxygen atoms in total. The lowest BCUT2D eigenvalue weighted by molar-refractivity contribution is -0.142. The molecule has 0 saturated carbocycles. The molecule has 1 aromatic heterocycles. The number of nitrogens with one attached hydrogen (secondary N) is 1. The third kappa shape index (κ3) is 5.77. The van der Waals surface area contributed by atoms with Crippen LogP contribution in [-0.4, -0.2) is 34.5 Å². The maximum absolute atomic E-state index is 11.3. The van der Waals surface area contributed by atoms with Gasteiger partial charge in [0.25, 0.3) is 0 Å². The molecule has 0 bridgehead atoms. The van der Waals surface area contributed by atoms with Gasteiger partial charge in [-0.2, -0.15) is 0 Å². The van der Waals surface area contributed by atoms with E-state index in [0.717, 1.165) is 23.5 Å². The Morgan fingerprint density at radius 3 is 2.84 bits per heavy atom. The number of carbonyl (C=O) groups is 3. The Labute approximate surface area is 112 Å². The number of esters is 1. The number of nitrogens with zero attached hydrogens (tertiary/aromatic N) is 1. The summed E-state index contributed by atoms with van der Waals surface area (Å²) in [6.45, 7) is 2.01. The van der Waals surface area contributed by atoms with E-state index in [1.807, 2.05) is 0 Å². The van der Waals surface area contributed by atoms with Gasteiger partial charge in [0.1, 0.15) is 0 Å². The Morgan fingerprint density at radius 2 is 2.21 bits per heavy atom. The summed E-state index contributed by atoms with van der Waals surface area (Å²) in [7, 11) is 0. The Morgan fingerprint density at radius 1 is 1.47 bits per heavy atom. The predicted molar refractivity (Wildman–Crippen MR) is 67.9 cm³/mol. The van der Waals surface area contributed by atoms with Gasteiger partial charge in [0.2, 0.25) is 5.91 Å². The minimum atomic E-state index is -1.21. The normalized spacial score (nSPS) is 10.4. The Bertz CT molecular complexity index is 509. The molecular formula is C11H12N2O5S. The number of hydrogen-bond donors (Lipinski definition) is 2. The van der Waals surface area contributed by atoms with Gasteiger partial charge in [-0.3, -0.25) is 14.9 Å². The zero-order valence-electron chi connectivity index (χ0n) is 10.1. The van der Waals surface area contributed by atoms with Crippen LogP contribution in [-0.2, 0) is 25.5 Å². The van der Waals surface area contributed by atoms with Gasteiger partial charge in [-0.15, -0.1) is 11.3 Å². The maximum Gasteiger partial charge on any atom is 0.328 e. The number of carboxylic acid groups (broad SMARTS) is 1. The van der Waals surface area contributed by atoms with E-state index in [0.29, 0.717) is 17.4 Å². The third-order valence-electron chi connectivity index (χ3n) is 1.79. The predicted octanol–water partition coefficient (Wildman–Crippen LogP) is 0.828. The third-order valence-corrected chi connectivity index (χ3v) is 2.60. The molecule has 0 aliphatic heterocycles. The molecule has 19 heavy (non-hydrogen) atoms. The molecule has 0 fully saturated rings. The molecule has 2 N–H and O–H groups in total. The van der Waals surface area contributed by atoms with Gasteiger partial charge in [0, 0.05) is 17.5 Å². The quantitative estimate of drug-likeness (QED) is 0.592. The summed E-state index contributed by atoms with van der Waals surface area (Å²) < 4.78 is 4.76. The van der Waals surface area contributed by atoms with Gasteiger partial charge in [0.05, 0.1) is 18.7 Å². The zero-order valence-corrected chi connectivity index (χ0v) is 10.9. The molecule has 8 heteroatoms. The van der Waals surface area contributed by atoms with Crippen LogP contribution in [0.2, 0.25) is 0 Å². The van der Waals surface area contributed by atoms with Crippen molar-refractivity contribution in [2.75, 3.05) is 11.9 Å². The van der Waals surface area contributed by atoms with E-state index in [-0.39, 0.29) is 6.42 Å². The molecular weight excluding hydrogens is 272 g/mol. The van der Waals surface area contributed by atoms with Crippen LogP contribution in [0.5, 0.6) is 0 Å². The number of carboxylic acids is 1. The van der Waals surface area contributed by atoms with Crippen LogP contribution in [0, 0.1) is 0 Å². The highest BCUT2D eigenvalue weighted by Crippen LogP contribution is 2.16. The van der Waals surface area contributed by atoms with Crippen molar-refractivity contribution in [3.05, 3.63) is 23.2 Å². The average Bonchev–Trinajstić information content (AvgIpc) is 2.74. The van der Waals surface area contributed by atoms with E-state index in [1.54, 1.807) is 12.3 Å². The van der Waals surface area contributed by atoms with E-state index >= 15 is 0 Å². The number of carbonyl (C=O) groups excluding carboxylic acids is 2. The number of hydrogen-bond acceptors (Lipinski definition) is 6. The molecule has 0 aliphatic rings. The van der Waals surface area contributed by atoms with Gasteiger partial charge in [0.15, 0.2) is 5.13 Å². The van der Waals surface area contributed by atoms with Crippen LogP contribution in [0.4, 0.5) is 5.13 Å². The summed E-state index contributed by atoms with van der Waals surface area (Å²) in [5, 5.41) is 12.6. The zero-order chi connectivity index (χ0) is 14.3. The topological polar surface area (TPSA) is 106 Å². The summed E-state index contributed by atoms with van der Waals surface area (Å²) in [4.78, 5) is 36.7. The fraction of sp³-hybridized carbons (Fsp3) is 0.273. The highest BCUT2D eigenvalue weighted by atomic mass is 32.1. The van der Waals surface area contributed by atoms with Crippen LogP contribution in [0.1, 0.15) is 12.6 Å². The van der Waals surface area contributed by atoms with Gasteiger partial charge < -0.3 is 9.84 Å². The first-order valence-electron chi connectivity index (χ1n) is 5.33. The number of rotatable bonds is 6. The van der Waals surface area contributed by atoms with E-state index in [4.69, 9.17) is 9.84 Å². The van der Waals surface area contributed by atoms with Crippen LogP contribution >= 0.6 is 11.3 Å². The Kier molecular flexibility index (Phi) is 5.68. The molecule has 1 rings (SSSR count). The van der Waals surface area contributed by atoms with Gasteiger partial charge in [-0.1, -0.05) is 0 Å². The van der Waals surface area contributed by atoms with Gasteiger partial charge in [-0.05, 0) is 6.92 Å². The second-order valence-electron chi connectivity index (χ2n) is 3.29. The highest BCUT2D eigenvalue weighted by molar-refractivity contribution is 7.14. The van der Waals surface area contributed by atoms with Crippen molar-refractivity contribution in [2.24, 2.45) is 0 Å². The van der Waals surface area contributed by atoms with E-state index in [9.17, 15) is 14.4 Å². The summed E-state index contributed by atoms with van der Waals surface area (Å²) in [5.74, 6) is -2.20. The minimum absolute atomic E-state index is 0.0329. The molecule has 0 atom stereocenters. The molecule has 1 amide bonds. The second-order valence-corrected chi connectivity index (χ2v) is 4.14. The van der Waals surface area contributed by atoms with Crippen LogP contribution in [0.25, 0.3) is 0 Å². The van der Waals surface area contributed by atoms with Crippen molar-refractivity contribution >= 4 is 34.3 Å². The minimum Gasteiger partial charge on any atom is -0.478 e. The standard InChI is InChI=1S/C11H12N2O5S/c1-2-18-10(17)5-7-6-19-11(12-7)13-8(14)3-4-9(15)16/h3-4,6H,2,5H2,1H3,(H,15,16)(H,12,13,14)/b4-3+. The number of ether oxygens (including phenoxy) is 1. The van der Waals surface area contributed by atoms with Crippen molar-refractivity contribution in [1.82, 2.24) is 4.98 Å². The fourth-order valence-corrected chi connectivity index (χ4v) is 1.81. The average molecular weight is 284 g/mol. The summed E-state index contributed by atoms with van der Waals surface area (Å²) >= 11 is 1.14. The molecule has 0 aliphatic carbocycles. The van der Waals surface area contributed by atoms with E-state index in [1.165, 1.54) is 0 Å². The van der Waals surface area contributed by atoms with Crippen LogP contribution < -0.4 is 5.32 Å². The lowest BCUT2D eigenvalue weighted by Crippen LogP contribution is -2.10. The first-order valence-corrected chi connectivity index (χ1v) is 6.21. The number of aliphatic carboxylic acids is 1. The molecule has 1 aromatic rings. The van der Waals surface area contributed by atoms with Crippen molar-refractivity contribution in [2.45, 2.75) is 13.3 Å². The van der Waals surface area contributed by atoms with Crippen molar-refractivity contribution in [3.8, 4) is 0 Å². The lowest BCUT2D eigenvalue weighted by Gasteiger charge is -1.98. The number of amides is 1. The monoisotopic (exact) mass is 284 g/mol. The Hall–Kier alpha value is -2.22. The summed E-state index contributed by atoms with van der Waals surface area (Å²) in [5.41, 5.74) is 0.487. The largest absolute Gasteiger partial charge is 0.478 e. The van der Waals surface area contributed by atoms with Crippen molar-refractivity contribution < 1.29 is 24.2 Å². The van der Waals surface area contributed by atoms with E-state index in [2.05, 4.69) is 10.3 Å². The molecule has 0 radical (unpaired) electrons. The molecule has 1 heterocycles. The van der Waals surface area contributed by atoms with Crippen molar-refractivity contribution in [1.29, 1.82) is 0 Å². The van der Waals surface area contributed by atoms with Crippen molar-refractivity contribution in [3.63, 3.8) is 0 Å². The second kappa shape index (κ2) is 7.27. The lowest BCUT2D eigenvalue weighted by atomic mass is 10.3. The van der Waals surface area contributed by atoms with Gasteiger partial charge in [-0.25, -0.2) is 9.78 Å². The van der Waals surface area contributed by atoms with Crippen LogP contribution in [0.15, 0.2) is 17.5 Å². The molecule has 102 valence electrons. The first-order chi connectivity index (χ1) is 9.01. The first kappa shape index (κ1) is 14.8.